The molecule has 7 heteroatoms. The lowest BCUT2D eigenvalue weighted by Crippen LogP contribution is -2.02. The summed E-state index contributed by atoms with van der Waals surface area (Å²) in [5.74, 6) is 1.24. The van der Waals surface area contributed by atoms with Crippen molar-refractivity contribution in [2.45, 2.75) is 13.0 Å². The number of anilines is 2. The molecule has 0 saturated carbocycles. The number of nitrogens with one attached hydrogen (secondary N) is 1. The van der Waals surface area contributed by atoms with Crippen LogP contribution < -0.4 is 10.1 Å². The molecule has 7 nitrogen and oxygen atoms in total. The normalized spacial score (nSPS) is 12.1. The Balaban J connectivity index is 1.68. The van der Waals surface area contributed by atoms with E-state index in [1.54, 1.807) is 31.1 Å². The Morgan fingerprint density at radius 2 is 1.93 bits per heavy atom. The highest BCUT2D eigenvalue weighted by Crippen LogP contribution is 2.22. The summed E-state index contributed by atoms with van der Waals surface area (Å²) in [5, 5.41) is 18.2. The summed E-state index contributed by atoms with van der Waals surface area (Å²) in [6.07, 6.45) is 2.93. The summed E-state index contributed by atoms with van der Waals surface area (Å²) in [7, 11) is 1.63. The zero-order chi connectivity index (χ0) is 18.8. The minimum atomic E-state index is -0.536. The average Bonchev–Trinajstić information content (AvgIpc) is 3.11. The van der Waals surface area contributed by atoms with Crippen molar-refractivity contribution in [2.24, 2.45) is 0 Å². The Morgan fingerprint density at radius 1 is 1.11 bits per heavy atom. The maximum absolute atomic E-state index is 9.75. The van der Waals surface area contributed by atoms with Crippen LogP contribution in [0.25, 0.3) is 16.7 Å². The predicted molar refractivity (Wildman–Crippen MR) is 104 cm³/mol. The first-order valence-electron chi connectivity index (χ1n) is 8.54. The van der Waals surface area contributed by atoms with Gasteiger partial charge in [0.15, 0.2) is 5.65 Å². The number of ether oxygens (including phenoxy) is 1. The molecule has 2 heterocycles. The number of rotatable bonds is 5. The van der Waals surface area contributed by atoms with Crippen molar-refractivity contribution in [3.63, 3.8) is 0 Å². The second-order valence-electron chi connectivity index (χ2n) is 6.15. The third-order valence-corrected chi connectivity index (χ3v) is 4.25. The van der Waals surface area contributed by atoms with E-state index in [2.05, 4.69) is 20.4 Å². The lowest BCUT2D eigenvalue weighted by atomic mass is 10.1. The van der Waals surface area contributed by atoms with Crippen LogP contribution in [0.5, 0.6) is 5.75 Å². The molecular formula is C20H19N5O2. The van der Waals surface area contributed by atoms with Crippen LogP contribution in [0, 0.1) is 0 Å². The summed E-state index contributed by atoms with van der Waals surface area (Å²) >= 11 is 0. The maximum atomic E-state index is 9.75. The Morgan fingerprint density at radius 3 is 2.67 bits per heavy atom. The highest BCUT2D eigenvalue weighted by atomic mass is 16.5. The van der Waals surface area contributed by atoms with Crippen molar-refractivity contribution in [1.29, 1.82) is 0 Å². The molecule has 136 valence electrons. The smallest absolute Gasteiger partial charge is 0.229 e. The van der Waals surface area contributed by atoms with Crippen LogP contribution in [0.3, 0.4) is 0 Å². The molecule has 1 unspecified atom stereocenters. The monoisotopic (exact) mass is 361 g/mol. The van der Waals surface area contributed by atoms with E-state index in [9.17, 15) is 5.11 Å². The van der Waals surface area contributed by atoms with Crippen molar-refractivity contribution < 1.29 is 9.84 Å². The summed E-state index contributed by atoms with van der Waals surface area (Å²) in [6, 6.07) is 15.1. The van der Waals surface area contributed by atoms with E-state index in [1.807, 2.05) is 48.5 Å². The molecule has 0 aliphatic heterocycles. The summed E-state index contributed by atoms with van der Waals surface area (Å²) < 4.78 is 6.96. The van der Waals surface area contributed by atoms with Crippen LogP contribution in [0.4, 0.5) is 11.6 Å². The molecule has 0 bridgehead atoms. The second kappa shape index (κ2) is 7.05. The van der Waals surface area contributed by atoms with Crippen molar-refractivity contribution in [1.82, 2.24) is 19.7 Å². The highest BCUT2D eigenvalue weighted by Gasteiger charge is 2.10. The number of aliphatic hydroxyl groups is 1. The highest BCUT2D eigenvalue weighted by molar-refractivity contribution is 5.77. The number of fused-ring (bicyclic) bond motifs is 1. The van der Waals surface area contributed by atoms with E-state index >= 15 is 0 Å². The van der Waals surface area contributed by atoms with Gasteiger partial charge in [-0.3, -0.25) is 0 Å². The second-order valence-corrected chi connectivity index (χ2v) is 6.15. The quantitative estimate of drug-likeness (QED) is 0.565. The van der Waals surface area contributed by atoms with Gasteiger partial charge in [0, 0.05) is 11.9 Å². The molecule has 2 N–H and O–H groups in total. The third-order valence-electron chi connectivity index (χ3n) is 4.25. The lowest BCUT2D eigenvalue weighted by molar-refractivity contribution is 0.199. The molecule has 0 spiro atoms. The largest absolute Gasteiger partial charge is 0.497 e. The molecule has 0 fully saturated rings. The first-order valence-corrected chi connectivity index (χ1v) is 8.54. The zero-order valence-electron chi connectivity index (χ0n) is 15.0. The van der Waals surface area contributed by atoms with Gasteiger partial charge >= 0.3 is 0 Å². The molecule has 4 rings (SSSR count). The predicted octanol–water partition coefficient (Wildman–Crippen LogP) is 3.62. The van der Waals surface area contributed by atoms with Gasteiger partial charge in [-0.25, -0.2) is 9.67 Å². The summed E-state index contributed by atoms with van der Waals surface area (Å²) in [6.45, 7) is 1.73. The van der Waals surface area contributed by atoms with Crippen LogP contribution >= 0.6 is 0 Å². The molecule has 0 radical (unpaired) electrons. The number of benzene rings is 2. The van der Waals surface area contributed by atoms with Crippen molar-refractivity contribution in [3.05, 3.63) is 66.5 Å². The van der Waals surface area contributed by atoms with Gasteiger partial charge in [-0.1, -0.05) is 12.1 Å². The van der Waals surface area contributed by atoms with Gasteiger partial charge in [0.25, 0.3) is 0 Å². The molecule has 2 aromatic carbocycles. The zero-order valence-corrected chi connectivity index (χ0v) is 15.0. The molecule has 0 saturated heterocycles. The van der Waals surface area contributed by atoms with Crippen LogP contribution in [0.2, 0.25) is 0 Å². The van der Waals surface area contributed by atoms with Gasteiger partial charge in [-0.05, 0) is 48.9 Å². The van der Waals surface area contributed by atoms with E-state index in [4.69, 9.17) is 4.74 Å². The van der Waals surface area contributed by atoms with Gasteiger partial charge in [-0.2, -0.15) is 10.1 Å². The molecular weight excluding hydrogens is 342 g/mol. The Hall–Kier alpha value is -3.45. The van der Waals surface area contributed by atoms with Crippen LogP contribution in [-0.2, 0) is 0 Å². The van der Waals surface area contributed by atoms with Gasteiger partial charge < -0.3 is 15.2 Å². The van der Waals surface area contributed by atoms with Crippen molar-refractivity contribution in [3.8, 4) is 11.4 Å². The van der Waals surface area contributed by atoms with E-state index in [-0.39, 0.29) is 0 Å². The molecule has 1 atom stereocenters. The number of hydrogen-bond donors (Lipinski definition) is 2. The van der Waals surface area contributed by atoms with Crippen LogP contribution in [0.15, 0.2) is 60.9 Å². The fraction of sp³-hybridized carbons (Fsp3) is 0.150. The lowest BCUT2D eigenvalue weighted by Gasteiger charge is -2.09. The van der Waals surface area contributed by atoms with Crippen LogP contribution in [-0.4, -0.2) is 32.0 Å². The summed E-state index contributed by atoms with van der Waals surface area (Å²) in [5.41, 5.74) is 3.21. The first kappa shape index (κ1) is 17.0. The van der Waals surface area contributed by atoms with Crippen molar-refractivity contribution >= 4 is 22.7 Å². The van der Waals surface area contributed by atoms with E-state index in [0.29, 0.717) is 11.6 Å². The molecule has 0 aliphatic carbocycles. The van der Waals surface area contributed by atoms with E-state index in [0.717, 1.165) is 28.1 Å². The molecule has 27 heavy (non-hydrogen) atoms. The number of aliphatic hydroxyl groups excluding tert-OH is 1. The topological polar surface area (TPSA) is 85.1 Å². The number of aromatic nitrogens is 4. The minimum absolute atomic E-state index is 0.459. The van der Waals surface area contributed by atoms with Crippen LogP contribution in [0.1, 0.15) is 18.6 Å². The molecule has 2 aromatic heterocycles. The number of hydrogen-bond acceptors (Lipinski definition) is 6. The number of nitrogens with zero attached hydrogens (tertiary/aromatic N) is 4. The first-order chi connectivity index (χ1) is 13.1. The average molecular weight is 361 g/mol. The van der Waals surface area contributed by atoms with Gasteiger partial charge in [0.1, 0.15) is 5.75 Å². The van der Waals surface area contributed by atoms with E-state index < -0.39 is 6.10 Å². The SMILES string of the molecule is COc1ccc(-n2ncc3cnc(Nc4cccc(C(C)O)c4)nc32)cc1. The van der Waals surface area contributed by atoms with Crippen molar-refractivity contribution in [2.75, 3.05) is 12.4 Å². The molecule has 0 amide bonds. The minimum Gasteiger partial charge on any atom is -0.497 e. The van der Waals surface area contributed by atoms with Gasteiger partial charge in [0.05, 0.1) is 30.5 Å². The third kappa shape index (κ3) is 3.45. The fourth-order valence-corrected chi connectivity index (χ4v) is 2.80. The van der Waals surface area contributed by atoms with Gasteiger partial charge in [-0.15, -0.1) is 0 Å². The Labute approximate surface area is 156 Å². The number of methoxy groups -OCH3 is 1. The van der Waals surface area contributed by atoms with Gasteiger partial charge in [0.2, 0.25) is 5.95 Å². The molecule has 0 aliphatic rings. The maximum Gasteiger partial charge on any atom is 0.229 e. The fourth-order valence-electron chi connectivity index (χ4n) is 2.80. The Kier molecular flexibility index (Phi) is 4.43. The van der Waals surface area contributed by atoms with E-state index in [1.165, 1.54) is 0 Å². The standard InChI is InChI=1S/C20H19N5O2/c1-13(26)14-4-3-5-16(10-14)23-20-21-11-15-12-22-25(19(15)24-20)17-6-8-18(27-2)9-7-17/h3-13,26H,1-2H3,(H,21,23,24). The molecule has 4 aromatic rings. The Bertz CT molecular complexity index is 1070. The summed E-state index contributed by atoms with van der Waals surface area (Å²) in [4.78, 5) is 8.96.